The lowest BCUT2D eigenvalue weighted by atomic mass is 10.1. The van der Waals surface area contributed by atoms with Crippen molar-refractivity contribution >= 4 is 5.91 Å². The second-order valence-electron chi connectivity index (χ2n) is 3.31. The highest BCUT2D eigenvalue weighted by Crippen LogP contribution is 2.05. The van der Waals surface area contributed by atoms with Crippen LogP contribution >= 0.6 is 0 Å². The van der Waals surface area contributed by atoms with Gasteiger partial charge in [0, 0.05) is 13.5 Å². The molecule has 0 spiro atoms. The number of amides is 1. The van der Waals surface area contributed by atoms with Gasteiger partial charge in [0.2, 0.25) is 0 Å². The smallest absolute Gasteiger partial charge is 0.274 e. The third-order valence-electron chi connectivity index (χ3n) is 2.03. The molecule has 0 saturated heterocycles. The molecule has 0 aromatic carbocycles. The fourth-order valence-electron chi connectivity index (χ4n) is 1.02. The quantitative estimate of drug-likeness (QED) is 0.534. The van der Waals surface area contributed by atoms with Crippen LogP contribution in [0, 0.1) is 0 Å². The van der Waals surface area contributed by atoms with Gasteiger partial charge >= 0.3 is 0 Å². The van der Waals surface area contributed by atoms with Crippen molar-refractivity contribution in [3.8, 4) is 0 Å². The van der Waals surface area contributed by atoms with E-state index in [0.717, 1.165) is 17.1 Å². The summed E-state index contributed by atoms with van der Waals surface area (Å²) in [4.78, 5) is 16.0. The highest BCUT2D eigenvalue weighted by Gasteiger charge is 2.17. The molecule has 15 heavy (non-hydrogen) atoms. The second kappa shape index (κ2) is 7.20. The minimum atomic E-state index is -1.05. The molecule has 0 aromatic heterocycles. The molecule has 1 N–H and O–H groups in total. The Morgan fingerprint density at radius 2 is 2.27 bits per heavy atom. The van der Waals surface area contributed by atoms with Gasteiger partial charge in [0.05, 0.1) is 7.11 Å². The van der Waals surface area contributed by atoms with E-state index in [-0.39, 0.29) is 0 Å². The van der Waals surface area contributed by atoms with Crippen molar-refractivity contribution in [3.63, 3.8) is 0 Å². The number of allylic oxidation sites excluding steroid dienone is 2. The van der Waals surface area contributed by atoms with E-state index >= 15 is 0 Å². The molecular weight excluding hydrogens is 194 g/mol. The van der Waals surface area contributed by atoms with Gasteiger partial charge in [0.25, 0.3) is 5.91 Å². The van der Waals surface area contributed by atoms with Crippen molar-refractivity contribution in [2.75, 3.05) is 14.2 Å². The van der Waals surface area contributed by atoms with Crippen LogP contribution in [0.5, 0.6) is 0 Å². The number of hydrogen-bond donors (Lipinski definition) is 1. The summed E-state index contributed by atoms with van der Waals surface area (Å²) in [5.74, 6) is -0.444. The predicted molar refractivity (Wildman–Crippen MR) is 59.0 cm³/mol. The first-order chi connectivity index (χ1) is 7.02. The Hall–Kier alpha value is -1.13. The molecule has 0 aromatic rings. The zero-order valence-electron chi connectivity index (χ0n) is 9.56. The molecule has 0 radical (unpaired) electrons. The number of carbonyl (C=O) groups excluding carboxylic acids is 1. The molecule has 0 aliphatic rings. The minimum Gasteiger partial charge on any atom is -0.383 e. The molecule has 0 aliphatic heterocycles. The van der Waals surface area contributed by atoms with Gasteiger partial charge in [0.15, 0.2) is 0 Å². The van der Waals surface area contributed by atoms with Gasteiger partial charge in [-0.1, -0.05) is 17.7 Å². The fourth-order valence-corrected chi connectivity index (χ4v) is 1.02. The van der Waals surface area contributed by atoms with Crippen molar-refractivity contribution in [3.05, 3.63) is 24.3 Å². The minimum absolute atomic E-state index is 0.298. The maximum Gasteiger partial charge on any atom is 0.274 e. The van der Waals surface area contributed by atoms with Gasteiger partial charge in [-0.25, -0.2) is 5.06 Å². The molecule has 4 heteroatoms. The summed E-state index contributed by atoms with van der Waals surface area (Å²) in [7, 11) is 2.84. The number of aliphatic hydroxyl groups excluding tert-OH is 1. The van der Waals surface area contributed by atoms with Crippen LogP contribution in [0.4, 0.5) is 0 Å². The monoisotopic (exact) mass is 213 g/mol. The number of rotatable bonds is 6. The molecule has 0 aliphatic carbocycles. The summed E-state index contributed by atoms with van der Waals surface area (Å²) >= 11 is 0. The normalized spacial score (nSPS) is 13.5. The Labute approximate surface area is 90.8 Å². The first kappa shape index (κ1) is 13.9. The Balaban J connectivity index is 4.13. The summed E-state index contributed by atoms with van der Waals surface area (Å²) in [6.45, 7) is 5.54. The van der Waals surface area contributed by atoms with Crippen molar-refractivity contribution in [2.45, 2.75) is 25.9 Å². The largest absolute Gasteiger partial charge is 0.383 e. The van der Waals surface area contributed by atoms with E-state index in [4.69, 9.17) is 0 Å². The van der Waals surface area contributed by atoms with E-state index in [1.807, 2.05) is 13.0 Å². The molecule has 1 atom stereocenters. The summed E-state index contributed by atoms with van der Waals surface area (Å²) in [6.07, 6.45) is 3.62. The van der Waals surface area contributed by atoms with E-state index < -0.39 is 12.0 Å². The number of hydrogen-bond acceptors (Lipinski definition) is 3. The summed E-state index contributed by atoms with van der Waals surface area (Å²) in [6, 6.07) is 0. The van der Waals surface area contributed by atoms with Crippen molar-refractivity contribution < 1.29 is 14.7 Å². The van der Waals surface area contributed by atoms with Crippen LogP contribution in [-0.4, -0.2) is 36.3 Å². The lowest BCUT2D eigenvalue weighted by molar-refractivity contribution is -0.177. The molecule has 4 nitrogen and oxygen atoms in total. The number of nitrogens with zero attached hydrogens (tertiary/aromatic N) is 1. The van der Waals surface area contributed by atoms with Crippen LogP contribution in [0.2, 0.25) is 0 Å². The Morgan fingerprint density at radius 3 is 2.73 bits per heavy atom. The number of likely N-dealkylation sites (N-methyl/N-ethyl adjacent to an activating group) is 1. The van der Waals surface area contributed by atoms with Crippen LogP contribution in [-0.2, 0) is 9.63 Å². The van der Waals surface area contributed by atoms with Gasteiger partial charge < -0.3 is 5.11 Å². The molecular formula is C11H19NO3. The first-order valence-electron chi connectivity index (χ1n) is 4.79. The third-order valence-corrected chi connectivity index (χ3v) is 2.03. The average Bonchev–Trinajstić information content (AvgIpc) is 2.24. The third kappa shape index (κ3) is 5.34. The lowest BCUT2D eigenvalue weighted by Crippen LogP contribution is -2.35. The molecule has 86 valence electrons. The van der Waals surface area contributed by atoms with Crippen molar-refractivity contribution in [1.29, 1.82) is 0 Å². The van der Waals surface area contributed by atoms with Crippen LogP contribution in [0.25, 0.3) is 0 Å². The first-order valence-corrected chi connectivity index (χ1v) is 4.79. The van der Waals surface area contributed by atoms with Crippen LogP contribution < -0.4 is 0 Å². The fraction of sp³-hybridized carbons (Fsp3) is 0.545. The molecule has 0 unspecified atom stereocenters. The van der Waals surface area contributed by atoms with E-state index in [1.54, 1.807) is 6.08 Å². The molecule has 0 fully saturated rings. The zero-order chi connectivity index (χ0) is 11.8. The maximum absolute atomic E-state index is 11.3. The lowest BCUT2D eigenvalue weighted by Gasteiger charge is -2.16. The predicted octanol–water partition coefficient (Wildman–Crippen LogP) is 1.28. The Bertz CT molecular complexity index is 248. The highest BCUT2D eigenvalue weighted by atomic mass is 16.7. The van der Waals surface area contributed by atoms with E-state index in [0.29, 0.717) is 6.42 Å². The Morgan fingerprint density at radius 1 is 1.67 bits per heavy atom. The van der Waals surface area contributed by atoms with E-state index in [2.05, 4.69) is 11.4 Å². The standard InChI is InChI=1S/C11H19NO3/c1-5-6-9(2)7-8-10(13)11(14)12(3)15-4/h5,7,10,13H,1,6,8H2,2-4H3/b9-7-/t10-/m0/s1. The van der Waals surface area contributed by atoms with Crippen LogP contribution in [0.15, 0.2) is 24.3 Å². The topological polar surface area (TPSA) is 49.8 Å². The maximum atomic E-state index is 11.3. The number of hydroxylamine groups is 2. The molecule has 0 saturated carbocycles. The van der Waals surface area contributed by atoms with Crippen LogP contribution in [0.3, 0.4) is 0 Å². The zero-order valence-corrected chi connectivity index (χ0v) is 9.56. The van der Waals surface area contributed by atoms with Crippen LogP contribution in [0.1, 0.15) is 19.8 Å². The average molecular weight is 213 g/mol. The molecule has 1 amide bonds. The summed E-state index contributed by atoms with van der Waals surface area (Å²) in [5, 5.41) is 10.5. The molecule has 0 heterocycles. The van der Waals surface area contributed by atoms with Gasteiger partial charge in [-0.2, -0.15) is 0 Å². The second-order valence-corrected chi connectivity index (χ2v) is 3.31. The van der Waals surface area contributed by atoms with Gasteiger partial charge in [-0.3, -0.25) is 9.63 Å². The number of aliphatic hydroxyl groups is 1. The SMILES string of the molecule is C=CC/C(C)=C\C[C@H](O)C(=O)N(C)OC. The highest BCUT2D eigenvalue weighted by molar-refractivity contribution is 5.79. The van der Waals surface area contributed by atoms with Gasteiger partial charge in [0.1, 0.15) is 6.10 Å². The van der Waals surface area contributed by atoms with Crippen molar-refractivity contribution in [1.82, 2.24) is 5.06 Å². The van der Waals surface area contributed by atoms with Gasteiger partial charge in [-0.05, 0) is 13.3 Å². The van der Waals surface area contributed by atoms with Crippen molar-refractivity contribution in [2.24, 2.45) is 0 Å². The number of carbonyl (C=O) groups is 1. The summed E-state index contributed by atoms with van der Waals surface area (Å²) < 4.78 is 0. The summed E-state index contributed by atoms with van der Waals surface area (Å²) in [5.41, 5.74) is 1.08. The molecule has 0 bridgehead atoms. The van der Waals surface area contributed by atoms with E-state index in [1.165, 1.54) is 14.2 Å². The Kier molecular flexibility index (Phi) is 6.66. The van der Waals surface area contributed by atoms with Gasteiger partial charge in [-0.15, -0.1) is 6.58 Å². The molecule has 0 rings (SSSR count). The van der Waals surface area contributed by atoms with E-state index in [9.17, 15) is 9.90 Å².